The van der Waals surface area contributed by atoms with Crippen molar-refractivity contribution in [3.63, 3.8) is 0 Å². The molecule has 34 heavy (non-hydrogen) atoms. The van der Waals surface area contributed by atoms with E-state index >= 15 is 0 Å². The van der Waals surface area contributed by atoms with Crippen LogP contribution in [-0.4, -0.2) is 40.5 Å². The van der Waals surface area contributed by atoms with Crippen molar-refractivity contribution >= 4 is 35.0 Å². The van der Waals surface area contributed by atoms with E-state index in [4.69, 9.17) is 23.2 Å². The van der Waals surface area contributed by atoms with Gasteiger partial charge >= 0.3 is 0 Å². The van der Waals surface area contributed by atoms with Crippen molar-refractivity contribution in [2.45, 2.75) is 71.1 Å². The summed E-state index contributed by atoms with van der Waals surface area (Å²) in [7, 11) is 0. The third kappa shape index (κ3) is 5.59. The predicted molar refractivity (Wildman–Crippen MR) is 137 cm³/mol. The molecule has 0 aromatic heterocycles. The van der Waals surface area contributed by atoms with Gasteiger partial charge < -0.3 is 15.3 Å². The van der Waals surface area contributed by atoms with Crippen LogP contribution in [-0.2, 0) is 9.59 Å². The Labute approximate surface area is 212 Å². The minimum atomic E-state index is -0.933. The van der Waals surface area contributed by atoms with Crippen LogP contribution in [0.5, 0.6) is 0 Å². The Balaban J connectivity index is 2.21. The fraction of sp³-hybridized carbons (Fsp3) is 0.481. The number of benzene rings is 2. The van der Waals surface area contributed by atoms with Gasteiger partial charge in [-0.25, -0.2) is 0 Å². The molecule has 1 heterocycles. The Morgan fingerprint density at radius 3 is 2.38 bits per heavy atom. The first-order valence-electron chi connectivity index (χ1n) is 11.9. The number of hydrogen-bond donors (Lipinski definition) is 2. The number of nitrogens with zero attached hydrogens (tertiary/aromatic N) is 1. The molecule has 2 aromatic rings. The van der Waals surface area contributed by atoms with Crippen LogP contribution in [0.2, 0.25) is 10.0 Å². The van der Waals surface area contributed by atoms with Crippen LogP contribution in [0.4, 0.5) is 0 Å². The highest BCUT2D eigenvalue weighted by Gasteiger charge is 2.52. The summed E-state index contributed by atoms with van der Waals surface area (Å²) in [6.45, 7) is 7.91. The summed E-state index contributed by atoms with van der Waals surface area (Å²) in [4.78, 5) is 28.7. The van der Waals surface area contributed by atoms with Crippen molar-refractivity contribution < 1.29 is 14.7 Å². The highest BCUT2D eigenvalue weighted by molar-refractivity contribution is 6.30. The molecule has 1 fully saturated rings. The van der Waals surface area contributed by atoms with Crippen LogP contribution < -0.4 is 5.32 Å². The number of rotatable bonds is 8. The summed E-state index contributed by atoms with van der Waals surface area (Å²) in [5.74, 6) is -0.410. The molecule has 0 bridgehead atoms. The first kappa shape index (κ1) is 26.5. The van der Waals surface area contributed by atoms with E-state index in [0.717, 1.165) is 11.1 Å². The summed E-state index contributed by atoms with van der Waals surface area (Å²) in [5, 5.41) is 14.8. The molecule has 7 heteroatoms. The van der Waals surface area contributed by atoms with Crippen LogP contribution >= 0.6 is 23.2 Å². The number of likely N-dealkylation sites (tertiary alicyclic amines) is 1. The van der Waals surface area contributed by atoms with Crippen LogP contribution in [0.1, 0.15) is 70.0 Å². The van der Waals surface area contributed by atoms with Gasteiger partial charge in [-0.15, -0.1) is 0 Å². The molecule has 5 nitrogen and oxygen atoms in total. The third-order valence-electron chi connectivity index (χ3n) is 6.85. The molecule has 2 N–H and O–H groups in total. The second-order valence-corrected chi connectivity index (χ2v) is 10.4. The monoisotopic (exact) mass is 504 g/mol. The van der Waals surface area contributed by atoms with Gasteiger partial charge in [-0.1, -0.05) is 61.3 Å². The molecule has 0 radical (unpaired) electrons. The molecule has 3 rings (SSSR count). The molecule has 0 aliphatic carbocycles. The number of amides is 2. The van der Waals surface area contributed by atoms with Crippen LogP contribution in [0, 0.1) is 5.41 Å². The van der Waals surface area contributed by atoms with Crippen LogP contribution in [0.25, 0.3) is 0 Å². The zero-order valence-corrected chi connectivity index (χ0v) is 21.7. The van der Waals surface area contributed by atoms with E-state index in [1.807, 2.05) is 74.2 Å². The molecular weight excluding hydrogens is 471 g/mol. The number of hydrogen-bond acceptors (Lipinski definition) is 3. The van der Waals surface area contributed by atoms with Gasteiger partial charge in [0.25, 0.3) is 0 Å². The van der Waals surface area contributed by atoms with Gasteiger partial charge in [0, 0.05) is 28.9 Å². The molecule has 5 atom stereocenters. The maximum Gasteiger partial charge on any atom is 0.229 e. The first-order valence-corrected chi connectivity index (χ1v) is 12.6. The SMILES string of the molecule is CCNC(=O)C[C@@]1(C)C[C@H](c2cccc(Cl)c2)[C@@H](c2ccc(Cl)cc2)N(C(CC)[C@H](C)O)C1=O. The Bertz CT molecular complexity index is 1010. The minimum absolute atomic E-state index is 0.0802. The lowest BCUT2D eigenvalue weighted by molar-refractivity contribution is -0.160. The van der Waals surface area contributed by atoms with Gasteiger partial charge in [-0.2, -0.15) is 0 Å². The maximum absolute atomic E-state index is 14.2. The van der Waals surface area contributed by atoms with Crippen molar-refractivity contribution in [2.24, 2.45) is 5.41 Å². The van der Waals surface area contributed by atoms with Gasteiger partial charge in [0.15, 0.2) is 0 Å². The smallest absolute Gasteiger partial charge is 0.229 e. The fourth-order valence-corrected chi connectivity index (χ4v) is 5.62. The summed E-state index contributed by atoms with van der Waals surface area (Å²) < 4.78 is 0. The number of carbonyl (C=O) groups excluding carboxylic acids is 2. The molecule has 1 saturated heterocycles. The highest BCUT2D eigenvalue weighted by Crippen LogP contribution is 2.52. The molecule has 0 saturated carbocycles. The second kappa shape index (κ2) is 11.1. The standard InChI is InChI=1S/C27H34Cl2N2O3/c1-5-23(17(3)32)31-25(18-10-12-20(28)13-11-18)22(19-8-7-9-21(29)14-19)15-27(4,26(31)34)16-24(33)30-6-2/h7-14,17,22-23,25,32H,5-6,15-16H2,1-4H3,(H,30,33)/t17-,22+,23?,25+,27+/m0/s1. The summed E-state index contributed by atoms with van der Waals surface area (Å²) in [6.07, 6.45) is 0.392. The lowest BCUT2D eigenvalue weighted by atomic mass is 9.66. The Morgan fingerprint density at radius 1 is 1.15 bits per heavy atom. The summed E-state index contributed by atoms with van der Waals surface area (Å²) in [5.41, 5.74) is 0.992. The molecule has 2 amide bonds. The first-order chi connectivity index (χ1) is 16.1. The largest absolute Gasteiger partial charge is 0.391 e. The molecule has 1 unspecified atom stereocenters. The van der Waals surface area contributed by atoms with Crippen molar-refractivity contribution in [3.05, 3.63) is 69.7 Å². The van der Waals surface area contributed by atoms with E-state index < -0.39 is 17.6 Å². The second-order valence-electron chi connectivity index (χ2n) is 9.48. The number of nitrogens with one attached hydrogen (secondary N) is 1. The normalized spacial score (nSPS) is 24.6. The summed E-state index contributed by atoms with van der Waals surface area (Å²) >= 11 is 12.6. The van der Waals surface area contributed by atoms with Crippen molar-refractivity contribution in [2.75, 3.05) is 6.54 Å². The Kier molecular flexibility index (Phi) is 8.66. The van der Waals surface area contributed by atoms with E-state index in [0.29, 0.717) is 29.4 Å². The van der Waals surface area contributed by atoms with Crippen LogP contribution in [0.3, 0.4) is 0 Å². The lowest BCUT2D eigenvalue weighted by Gasteiger charge is -2.52. The highest BCUT2D eigenvalue weighted by atomic mass is 35.5. The molecule has 0 spiro atoms. The van der Waals surface area contributed by atoms with Gasteiger partial charge in [0.1, 0.15) is 0 Å². The molecule has 2 aromatic carbocycles. The van der Waals surface area contributed by atoms with Crippen LogP contribution in [0.15, 0.2) is 48.5 Å². The van der Waals surface area contributed by atoms with E-state index in [1.54, 1.807) is 6.92 Å². The average molecular weight is 505 g/mol. The molecule has 184 valence electrons. The van der Waals surface area contributed by atoms with E-state index in [1.165, 1.54) is 0 Å². The molecule has 1 aliphatic heterocycles. The Morgan fingerprint density at radius 2 is 1.82 bits per heavy atom. The summed E-state index contributed by atoms with van der Waals surface area (Å²) in [6, 6.07) is 14.4. The van der Waals surface area contributed by atoms with E-state index in [-0.39, 0.29) is 30.2 Å². The van der Waals surface area contributed by atoms with E-state index in [2.05, 4.69) is 5.32 Å². The average Bonchev–Trinajstić information content (AvgIpc) is 2.77. The zero-order valence-electron chi connectivity index (χ0n) is 20.2. The van der Waals surface area contributed by atoms with Crippen molar-refractivity contribution in [3.8, 4) is 0 Å². The van der Waals surface area contributed by atoms with E-state index in [9.17, 15) is 14.7 Å². The quantitative estimate of drug-likeness (QED) is 0.481. The third-order valence-corrected chi connectivity index (χ3v) is 7.33. The van der Waals surface area contributed by atoms with Gasteiger partial charge in [-0.05, 0) is 62.1 Å². The molecule has 1 aliphatic rings. The van der Waals surface area contributed by atoms with Gasteiger partial charge in [-0.3, -0.25) is 9.59 Å². The molecular formula is C27H34Cl2N2O3. The minimum Gasteiger partial charge on any atom is -0.391 e. The lowest BCUT2D eigenvalue weighted by Crippen LogP contribution is -2.58. The fourth-order valence-electron chi connectivity index (χ4n) is 5.30. The predicted octanol–water partition coefficient (Wildman–Crippen LogP) is 5.74. The topological polar surface area (TPSA) is 69.6 Å². The number of piperidine rings is 1. The number of carbonyl (C=O) groups is 2. The van der Waals surface area contributed by atoms with Gasteiger partial charge in [0.2, 0.25) is 11.8 Å². The van der Waals surface area contributed by atoms with Gasteiger partial charge in [0.05, 0.1) is 23.6 Å². The number of aliphatic hydroxyl groups is 1. The van der Waals surface area contributed by atoms with Crippen molar-refractivity contribution in [1.82, 2.24) is 10.2 Å². The maximum atomic E-state index is 14.2. The number of halogens is 2. The van der Waals surface area contributed by atoms with Crippen molar-refractivity contribution in [1.29, 1.82) is 0 Å². The zero-order chi connectivity index (χ0) is 25.0. The number of aliphatic hydroxyl groups excluding tert-OH is 1. The Hall–Kier alpha value is -2.08.